The number of rotatable bonds is 6. The van der Waals surface area contributed by atoms with Gasteiger partial charge < -0.3 is 11.1 Å². The summed E-state index contributed by atoms with van der Waals surface area (Å²) in [6, 6.07) is 4.20. The standard InChI is InChI=1S/C22H29N3OS2.H2/c1-6-7-8-10-14-13(2)24-21-17(16(14)15-11-9-12-27-15)18(23)19(28-21)20(26)25-22(3,4)5;/h9,11-12H,6-8,10,23H2,1-5H3,(H,25,26);1H. The third-order valence-corrected chi connectivity index (χ3v) is 6.66. The molecule has 0 aliphatic rings. The van der Waals surface area contributed by atoms with E-state index in [4.69, 9.17) is 10.7 Å². The Bertz CT molecular complexity index is 988. The van der Waals surface area contributed by atoms with Crippen molar-refractivity contribution >= 4 is 44.5 Å². The zero-order chi connectivity index (χ0) is 20.5. The Hall–Kier alpha value is -1.92. The van der Waals surface area contributed by atoms with E-state index in [-0.39, 0.29) is 12.9 Å². The van der Waals surface area contributed by atoms with Crippen LogP contribution in [0.1, 0.15) is 69.3 Å². The zero-order valence-corrected chi connectivity index (χ0v) is 18.9. The van der Waals surface area contributed by atoms with Gasteiger partial charge in [0.15, 0.2) is 0 Å². The predicted molar refractivity (Wildman–Crippen MR) is 125 cm³/mol. The smallest absolute Gasteiger partial charge is 0.263 e. The van der Waals surface area contributed by atoms with Gasteiger partial charge in [0.25, 0.3) is 5.91 Å². The average Bonchev–Trinajstić information content (AvgIpc) is 3.22. The van der Waals surface area contributed by atoms with Crippen molar-refractivity contribution in [2.75, 3.05) is 5.73 Å². The van der Waals surface area contributed by atoms with E-state index in [1.54, 1.807) is 11.3 Å². The van der Waals surface area contributed by atoms with E-state index < -0.39 is 0 Å². The molecule has 152 valence electrons. The molecule has 3 N–H and O–H groups in total. The second-order valence-electron chi connectivity index (χ2n) is 8.21. The van der Waals surface area contributed by atoms with E-state index in [1.165, 1.54) is 34.6 Å². The van der Waals surface area contributed by atoms with Crippen LogP contribution in [0.15, 0.2) is 17.5 Å². The number of aryl methyl sites for hydroxylation is 1. The monoisotopic (exact) mass is 417 g/mol. The van der Waals surface area contributed by atoms with Gasteiger partial charge in [0.05, 0.1) is 5.69 Å². The molecule has 0 radical (unpaired) electrons. The summed E-state index contributed by atoms with van der Waals surface area (Å²) in [7, 11) is 0. The molecule has 3 heterocycles. The van der Waals surface area contributed by atoms with Crippen LogP contribution in [-0.4, -0.2) is 16.4 Å². The summed E-state index contributed by atoms with van der Waals surface area (Å²) < 4.78 is 0. The lowest BCUT2D eigenvalue weighted by atomic mass is 9.96. The number of thiophene rings is 2. The van der Waals surface area contributed by atoms with Gasteiger partial charge in [-0.25, -0.2) is 4.98 Å². The highest BCUT2D eigenvalue weighted by Gasteiger charge is 2.25. The Morgan fingerprint density at radius 3 is 2.68 bits per heavy atom. The van der Waals surface area contributed by atoms with Crippen molar-refractivity contribution in [3.63, 3.8) is 0 Å². The van der Waals surface area contributed by atoms with E-state index in [0.29, 0.717) is 10.6 Å². The van der Waals surface area contributed by atoms with Crippen molar-refractivity contribution in [1.82, 2.24) is 10.3 Å². The summed E-state index contributed by atoms with van der Waals surface area (Å²) in [5.74, 6) is -0.129. The highest BCUT2D eigenvalue weighted by Crippen LogP contribution is 2.43. The van der Waals surface area contributed by atoms with Gasteiger partial charge >= 0.3 is 0 Å². The van der Waals surface area contributed by atoms with Crippen LogP contribution < -0.4 is 11.1 Å². The largest absolute Gasteiger partial charge is 0.397 e. The number of nitrogen functional groups attached to an aromatic ring is 1. The van der Waals surface area contributed by atoms with Gasteiger partial charge in [-0.3, -0.25) is 4.79 Å². The maximum atomic E-state index is 12.8. The van der Waals surface area contributed by atoms with Gasteiger partial charge in [-0.15, -0.1) is 22.7 Å². The van der Waals surface area contributed by atoms with Crippen molar-refractivity contribution in [3.8, 4) is 10.4 Å². The Balaban J connectivity index is 0.00000300. The van der Waals surface area contributed by atoms with Crippen molar-refractivity contribution in [2.45, 2.75) is 65.8 Å². The van der Waals surface area contributed by atoms with Crippen LogP contribution in [0, 0.1) is 6.92 Å². The summed E-state index contributed by atoms with van der Waals surface area (Å²) in [5.41, 5.74) is 10.3. The maximum absolute atomic E-state index is 12.8. The fraction of sp³-hybridized carbons (Fsp3) is 0.455. The summed E-state index contributed by atoms with van der Waals surface area (Å²) >= 11 is 3.10. The summed E-state index contributed by atoms with van der Waals surface area (Å²) in [4.78, 5) is 20.3. The summed E-state index contributed by atoms with van der Waals surface area (Å²) in [6.45, 7) is 10.2. The number of hydrogen-bond acceptors (Lipinski definition) is 5. The van der Waals surface area contributed by atoms with Crippen LogP contribution in [0.25, 0.3) is 20.7 Å². The molecular formula is C22H31N3OS2. The number of nitrogens with one attached hydrogen (secondary N) is 1. The van der Waals surface area contributed by atoms with Gasteiger partial charge in [0.2, 0.25) is 0 Å². The Kier molecular flexibility index (Phi) is 6.10. The van der Waals surface area contributed by atoms with Crippen molar-refractivity contribution < 1.29 is 6.22 Å². The Morgan fingerprint density at radius 1 is 1.32 bits per heavy atom. The minimum atomic E-state index is -0.315. The Labute approximate surface area is 176 Å². The average molecular weight is 418 g/mol. The van der Waals surface area contributed by atoms with Crippen LogP contribution in [-0.2, 0) is 6.42 Å². The topological polar surface area (TPSA) is 68.0 Å². The summed E-state index contributed by atoms with van der Waals surface area (Å²) in [6.07, 6.45) is 4.49. The molecule has 3 rings (SSSR count). The van der Waals surface area contributed by atoms with E-state index in [2.05, 4.69) is 36.7 Å². The lowest BCUT2D eigenvalue weighted by molar-refractivity contribution is 0.0924. The third-order valence-electron chi connectivity index (χ3n) is 4.68. The highest BCUT2D eigenvalue weighted by molar-refractivity contribution is 7.21. The molecule has 3 aromatic heterocycles. The van der Waals surface area contributed by atoms with E-state index in [1.807, 2.05) is 20.8 Å². The first-order valence-electron chi connectivity index (χ1n) is 9.80. The second kappa shape index (κ2) is 8.21. The van der Waals surface area contributed by atoms with Crippen LogP contribution in [0.4, 0.5) is 5.69 Å². The first-order chi connectivity index (χ1) is 13.2. The molecule has 1 amide bonds. The fourth-order valence-electron chi connectivity index (χ4n) is 3.42. The number of anilines is 1. The van der Waals surface area contributed by atoms with Gasteiger partial charge in [-0.1, -0.05) is 25.8 Å². The normalized spacial score (nSPS) is 11.9. The maximum Gasteiger partial charge on any atom is 0.263 e. The molecule has 0 atom stereocenters. The molecule has 0 bridgehead atoms. The molecule has 4 nitrogen and oxygen atoms in total. The van der Waals surface area contributed by atoms with E-state index >= 15 is 0 Å². The third kappa shape index (κ3) is 4.23. The molecule has 28 heavy (non-hydrogen) atoms. The number of carbonyl (C=O) groups excluding carboxylic acids is 1. The number of fused-ring (bicyclic) bond motifs is 1. The fourth-order valence-corrected chi connectivity index (χ4v) is 5.27. The SMILES string of the molecule is CCCCCc1c(C)nc2sc(C(=O)NC(C)(C)C)c(N)c2c1-c1cccs1.[HH]. The number of pyridine rings is 1. The van der Waals surface area contributed by atoms with Crippen molar-refractivity contribution in [1.29, 1.82) is 0 Å². The lowest BCUT2D eigenvalue weighted by Gasteiger charge is -2.20. The predicted octanol–water partition coefficient (Wildman–Crippen LogP) is 6.42. The molecule has 6 heteroatoms. The number of hydrogen-bond donors (Lipinski definition) is 2. The molecule has 0 unspecified atom stereocenters. The van der Waals surface area contributed by atoms with Gasteiger partial charge in [0, 0.05) is 28.5 Å². The van der Waals surface area contributed by atoms with Crippen molar-refractivity contribution in [2.24, 2.45) is 0 Å². The van der Waals surface area contributed by atoms with Crippen LogP contribution in [0.3, 0.4) is 0 Å². The molecule has 0 saturated heterocycles. The molecular weight excluding hydrogens is 386 g/mol. The number of nitrogens with two attached hydrogens (primary N) is 1. The number of amides is 1. The van der Waals surface area contributed by atoms with Crippen LogP contribution in [0.5, 0.6) is 0 Å². The van der Waals surface area contributed by atoms with Crippen molar-refractivity contribution in [3.05, 3.63) is 33.6 Å². The quantitative estimate of drug-likeness (QED) is 0.455. The Morgan fingerprint density at radius 2 is 2.07 bits per heavy atom. The first kappa shape index (κ1) is 20.8. The molecule has 0 saturated carbocycles. The number of aromatic nitrogens is 1. The molecule has 0 fully saturated rings. The van der Waals surface area contributed by atoms with Gasteiger partial charge in [-0.05, 0) is 57.5 Å². The molecule has 3 aromatic rings. The highest BCUT2D eigenvalue weighted by atomic mass is 32.1. The van der Waals surface area contributed by atoms with E-state index in [0.717, 1.165) is 34.3 Å². The molecule has 0 aromatic carbocycles. The minimum absolute atomic E-state index is 0. The molecule has 0 spiro atoms. The zero-order valence-electron chi connectivity index (χ0n) is 17.3. The number of unbranched alkanes of at least 4 members (excludes halogenated alkanes) is 2. The molecule has 0 aliphatic carbocycles. The minimum Gasteiger partial charge on any atom is -0.397 e. The summed E-state index contributed by atoms with van der Waals surface area (Å²) in [5, 5.41) is 6.05. The lowest BCUT2D eigenvalue weighted by Crippen LogP contribution is -2.40. The molecule has 0 aliphatic heterocycles. The van der Waals surface area contributed by atoms with Gasteiger partial charge in [-0.2, -0.15) is 0 Å². The second-order valence-corrected chi connectivity index (χ2v) is 10.2. The van der Waals surface area contributed by atoms with E-state index in [9.17, 15) is 4.79 Å². The van der Waals surface area contributed by atoms with Crippen LogP contribution in [0.2, 0.25) is 0 Å². The van der Waals surface area contributed by atoms with Gasteiger partial charge in [0.1, 0.15) is 9.71 Å². The number of nitrogens with zero attached hydrogens (tertiary/aromatic N) is 1. The first-order valence-corrected chi connectivity index (χ1v) is 11.5. The number of carbonyl (C=O) groups is 1. The van der Waals surface area contributed by atoms with Crippen LogP contribution >= 0.6 is 22.7 Å².